The molecular weight excluding hydrogens is 238 g/mol. The molecule has 2 atom stereocenters. The Morgan fingerprint density at radius 2 is 2.29 bits per heavy atom. The number of ether oxygens (including phenoxy) is 1. The van der Waals surface area contributed by atoms with E-state index in [9.17, 15) is 5.11 Å². The number of nitrogens with one attached hydrogen (secondary N) is 1. The maximum atomic E-state index is 11.1. The van der Waals surface area contributed by atoms with Crippen molar-refractivity contribution in [3.05, 3.63) is 34.9 Å². The van der Waals surface area contributed by atoms with Gasteiger partial charge in [-0.25, -0.2) is 0 Å². The molecule has 1 heterocycles. The second kappa shape index (κ2) is 4.25. The summed E-state index contributed by atoms with van der Waals surface area (Å²) in [6, 6.07) is 0.994. The zero-order valence-electron chi connectivity index (χ0n) is 20.5. The van der Waals surface area contributed by atoms with Gasteiger partial charge in [0.1, 0.15) is 0 Å². The number of hydrogen-bond donors (Lipinski definition) is 2. The minimum atomic E-state index is -3.71. The lowest BCUT2D eigenvalue weighted by Gasteiger charge is -2.46. The van der Waals surface area contributed by atoms with Crippen molar-refractivity contribution in [2.75, 3.05) is 6.56 Å². The minimum Gasteiger partial charge on any atom is -0.361 e. The first-order valence-corrected chi connectivity index (χ1v) is 5.02. The molecule has 0 bridgehead atoms. The van der Waals surface area contributed by atoms with Crippen LogP contribution < -0.4 is 5.32 Å². The number of halogens is 1. The Morgan fingerprint density at radius 3 is 2.88 bits per heavy atom. The predicted octanol–water partition coefficient (Wildman–Crippen LogP) is 2.27. The first kappa shape index (κ1) is 4.49. The molecule has 0 saturated carbocycles. The normalized spacial score (nSPS) is 52.4. The van der Waals surface area contributed by atoms with Gasteiger partial charge in [-0.2, -0.15) is 0 Å². The van der Waals surface area contributed by atoms with E-state index in [1.165, 1.54) is 12.1 Å². The van der Waals surface area contributed by atoms with Crippen LogP contribution in [0, 0.1) is 0 Å². The quantitative estimate of drug-likeness (QED) is 0.820. The minimum absolute atomic E-state index is 0.160. The molecule has 1 aliphatic rings. The molecule has 0 radical (unpaired) electrons. The van der Waals surface area contributed by atoms with Gasteiger partial charge in [0, 0.05) is 28.5 Å². The first-order chi connectivity index (χ1) is 12.7. The van der Waals surface area contributed by atoms with Crippen molar-refractivity contribution in [1.82, 2.24) is 5.32 Å². The Kier molecular flexibility index (Phi) is 1.12. The molecule has 3 nitrogen and oxygen atoms in total. The number of benzene rings is 1. The third-order valence-electron chi connectivity index (χ3n) is 2.24. The van der Waals surface area contributed by atoms with Crippen LogP contribution in [0.15, 0.2) is 24.3 Å². The summed E-state index contributed by atoms with van der Waals surface area (Å²) < 4.78 is 98.6. The van der Waals surface area contributed by atoms with Crippen molar-refractivity contribution < 1.29 is 26.3 Å². The summed E-state index contributed by atoms with van der Waals surface area (Å²) in [6.07, 6.45) is 0. The van der Waals surface area contributed by atoms with Gasteiger partial charge in [0.2, 0.25) is 5.79 Å². The molecule has 94 valence electrons. The number of hydrogen-bond acceptors (Lipinski definition) is 3. The van der Waals surface area contributed by atoms with E-state index in [1.807, 2.05) is 0 Å². The van der Waals surface area contributed by atoms with Crippen molar-refractivity contribution in [2.24, 2.45) is 0 Å². The monoisotopic (exact) mass is 267 g/mol. The standard InChI is InChI=1S/C13H18ClNO2/c1-9-13(16,17-8-12(2,3)15-9)10-4-6-11(14)7-5-10/h4-7,9,15-16H,8H2,1-3H3/t9-,13+/m1/s1/i1D3,2D3,3D3,8D2,9D. The fourth-order valence-electron chi connectivity index (χ4n) is 1.38. The molecule has 2 N–H and O–H groups in total. The number of morpholine rings is 1. The molecule has 1 aliphatic heterocycles. The largest absolute Gasteiger partial charge is 0.361 e. The summed E-state index contributed by atoms with van der Waals surface area (Å²) in [5.41, 5.74) is -4.10. The molecule has 0 spiro atoms. The lowest BCUT2D eigenvalue weighted by Crippen LogP contribution is -2.63. The Balaban J connectivity index is 2.89. The molecule has 4 heteroatoms. The van der Waals surface area contributed by atoms with E-state index in [2.05, 4.69) is 0 Å². The van der Waals surface area contributed by atoms with Crippen LogP contribution in [0.3, 0.4) is 0 Å². The van der Waals surface area contributed by atoms with Gasteiger partial charge in [-0.3, -0.25) is 0 Å². The van der Waals surface area contributed by atoms with Crippen LogP contribution >= 0.6 is 11.6 Å². The lowest BCUT2D eigenvalue weighted by atomic mass is 9.93. The summed E-state index contributed by atoms with van der Waals surface area (Å²) in [5.74, 6) is -3.31. The average molecular weight is 268 g/mol. The summed E-state index contributed by atoms with van der Waals surface area (Å²) in [4.78, 5) is 0. The summed E-state index contributed by atoms with van der Waals surface area (Å²) >= 11 is 5.76. The van der Waals surface area contributed by atoms with Crippen LogP contribution in [0.1, 0.15) is 42.6 Å². The molecule has 0 amide bonds. The fourth-order valence-corrected chi connectivity index (χ4v) is 1.50. The van der Waals surface area contributed by atoms with Gasteiger partial charge in [0.25, 0.3) is 0 Å². The highest BCUT2D eigenvalue weighted by Gasteiger charge is 2.44. The van der Waals surface area contributed by atoms with E-state index in [0.717, 1.165) is 12.1 Å². The highest BCUT2D eigenvalue weighted by Crippen LogP contribution is 2.33. The molecule has 2 rings (SSSR count). The van der Waals surface area contributed by atoms with Gasteiger partial charge in [-0.1, -0.05) is 23.7 Å². The van der Waals surface area contributed by atoms with Crippen LogP contribution in [0.4, 0.5) is 0 Å². The molecule has 1 aromatic carbocycles. The third kappa shape index (κ3) is 2.47. The molecule has 17 heavy (non-hydrogen) atoms. The van der Waals surface area contributed by atoms with Crippen LogP contribution in [0.5, 0.6) is 0 Å². The topological polar surface area (TPSA) is 41.5 Å². The fraction of sp³-hybridized carbons (Fsp3) is 0.538. The molecule has 0 unspecified atom stereocenters. The molecule has 1 fully saturated rings. The predicted molar refractivity (Wildman–Crippen MR) is 68.0 cm³/mol. The lowest BCUT2D eigenvalue weighted by molar-refractivity contribution is -0.263. The van der Waals surface area contributed by atoms with Crippen molar-refractivity contribution in [3.8, 4) is 0 Å². The number of aliphatic hydroxyl groups is 1. The number of rotatable bonds is 1. The Labute approximate surface area is 124 Å². The van der Waals surface area contributed by atoms with Crippen molar-refractivity contribution in [1.29, 1.82) is 0 Å². The van der Waals surface area contributed by atoms with Crippen LogP contribution in [-0.4, -0.2) is 23.2 Å². The Bertz CT molecular complexity index is 760. The summed E-state index contributed by atoms with van der Waals surface area (Å²) in [7, 11) is 0. The van der Waals surface area contributed by atoms with Crippen LogP contribution in [-0.2, 0) is 10.5 Å². The highest BCUT2D eigenvalue weighted by atomic mass is 35.5. The maximum Gasteiger partial charge on any atom is 0.208 e. The second-order valence-electron chi connectivity index (χ2n) is 3.61. The van der Waals surface area contributed by atoms with Crippen molar-refractivity contribution in [3.63, 3.8) is 0 Å². The van der Waals surface area contributed by atoms with Gasteiger partial charge >= 0.3 is 0 Å². The molecule has 1 aromatic rings. The van der Waals surface area contributed by atoms with Crippen LogP contribution in [0.25, 0.3) is 0 Å². The van der Waals surface area contributed by atoms with Gasteiger partial charge in [0.05, 0.1) is 16.7 Å². The molecule has 0 aliphatic carbocycles. The summed E-state index contributed by atoms with van der Waals surface area (Å²) in [5, 5.41) is 12.9. The molecule has 0 aromatic heterocycles. The van der Waals surface area contributed by atoms with E-state index in [0.29, 0.717) is 0 Å². The van der Waals surface area contributed by atoms with Crippen molar-refractivity contribution >= 4 is 11.6 Å². The molecular formula is C13H18ClNO2. The van der Waals surface area contributed by atoms with E-state index in [1.54, 1.807) is 5.32 Å². The first-order valence-electron chi connectivity index (χ1n) is 10.6. The third-order valence-corrected chi connectivity index (χ3v) is 2.49. The maximum absolute atomic E-state index is 11.1. The summed E-state index contributed by atoms with van der Waals surface area (Å²) in [6.45, 7) is -14.7. The van der Waals surface area contributed by atoms with E-state index < -0.39 is 50.0 Å². The SMILES string of the molecule is [2H]C([2H])([2H])C1(C([2H])([2H])[2H])N[C@]([2H])(C([2H])([2H])[2H])[C@@](O)(c2ccc(Cl)cc2)OC1([2H])[2H]. The second-order valence-corrected chi connectivity index (χ2v) is 4.04. The van der Waals surface area contributed by atoms with Gasteiger partial charge in [-0.05, 0) is 32.7 Å². The Hall–Kier alpha value is -0.610. The van der Waals surface area contributed by atoms with Crippen LogP contribution in [0.2, 0.25) is 5.02 Å². The van der Waals surface area contributed by atoms with Gasteiger partial charge < -0.3 is 15.2 Å². The molecule has 1 saturated heterocycles. The highest BCUT2D eigenvalue weighted by molar-refractivity contribution is 6.30. The van der Waals surface area contributed by atoms with E-state index in [-0.39, 0.29) is 5.02 Å². The zero-order chi connectivity index (χ0) is 22.9. The van der Waals surface area contributed by atoms with Gasteiger partial charge in [0.15, 0.2) is 0 Å². The smallest absolute Gasteiger partial charge is 0.208 e. The van der Waals surface area contributed by atoms with Gasteiger partial charge in [-0.15, -0.1) is 0 Å². The van der Waals surface area contributed by atoms with E-state index >= 15 is 0 Å². The average Bonchev–Trinajstić information content (AvgIpc) is 2.47. The zero-order valence-corrected chi connectivity index (χ0v) is 9.30. The Morgan fingerprint density at radius 1 is 1.59 bits per heavy atom. The van der Waals surface area contributed by atoms with Crippen molar-refractivity contribution in [2.45, 2.75) is 37.9 Å². The van der Waals surface area contributed by atoms with E-state index in [4.69, 9.17) is 32.8 Å².